The summed E-state index contributed by atoms with van der Waals surface area (Å²) >= 11 is 0. The van der Waals surface area contributed by atoms with Crippen molar-refractivity contribution >= 4 is 24.3 Å². The first-order chi connectivity index (χ1) is 12.2. The van der Waals surface area contributed by atoms with Gasteiger partial charge < -0.3 is 15.0 Å². The Bertz CT molecular complexity index is 603. The van der Waals surface area contributed by atoms with E-state index in [2.05, 4.69) is 10.2 Å². The number of hydrogen-bond donors (Lipinski definition) is 1. The van der Waals surface area contributed by atoms with Crippen LogP contribution in [0.3, 0.4) is 0 Å². The normalized spacial score (nSPS) is 20.5. The van der Waals surface area contributed by atoms with Gasteiger partial charge in [-0.15, -0.1) is 12.4 Å². The average Bonchev–Trinajstić information content (AvgIpc) is 3.17. The van der Waals surface area contributed by atoms with Gasteiger partial charge in [0.25, 0.3) is 0 Å². The van der Waals surface area contributed by atoms with Crippen molar-refractivity contribution in [1.29, 1.82) is 0 Å². The van der Waals surface area contributed by atoms with Gasteiger partial charge in [-0.25, -0.2) is 4.79 Å². The second-order valence-corrected chi connectivity index (χ2v) is 6.76. The van der Waals surface area contributed by atoms with E-state index in [1.807, 2.05) is 17.0 Å². The summed E-state index contributed by atoms with van der Waals surface area (Å²) in [5.41, 5.74) is 1.61. The van der Waals surface area contributed by atoms with Crippen molar-refractivity contribution in [2.24, 2.45) is 0 Å². The second-order valence-electron chi connectivity index (χ2n) is 6.76. The first-order valence-electron chi connectivity index (χ1n) is 9.07. The molecule has 1 aromatic carbocycles. The number of methoxy groups -OCH3 is 1. The maximum absolute atomic E-state index is 12.5. The number of carbonyl (C=O) groups is 2. The Morgan fingerprint density at radius 3 is 2.50 bits per heavy atom. The Morgan fingerprint density at radius 2 is 1.85 bits per heavy atom. The van der Waals surface area contributed by atoms with E-state index < -0.39 is 0 Å². The van der Waals surface area contributed by atoms with Crippen LogP contribution in [0.4, 0.5) is 0 Å². The number of hydrogen-bond acceptors (Lipinski definition) is 5. The molecule has 6 nitrogen and oxygen atoms in total. The Balaban J connectivity index is 0.00000243. The quantitative estimate of drug-likeness (QED) is 0.780. The SMILES string of the molecule is COC(=O)c1ccc(CCC(=O)N2CCC(N3CCNCC3)C2)cc1.Cl. The summed E-state index contributed by atoms with van der Waals surface area (Å²) in [7, 11) is 1.37. The van der Waals surface area contributed by atoms with Gasteiger partial charge in [0, 0.05) is 51.7 Å². The molecule has 2 heterocycles. The predicted octanol–water partition coefficient (Wildman–Crippen LogP) is 1.33. The van der Waals surface area contributed by atoms with Crippen LogP contribution in [0.1, 0.15) is 28.8 Å². The van der Waals surface area contributed by atoms with Crippen LogP contribution in [0.5, 0.6) is 0 Å². The topological polar surface area (TPSA) is 61.9 Å². The van der Waals surface area contributed by atoms with Gasteiger partial charge >= 0.3 is 5.97 Å². The van der Waals surface area contributed by atoms with E-state index >= 15 is 0 Å². The molecule has 1 amide bonds. The largest absolute Gasteiger partial charge is 0.465 e. The van der Waals surface area contributed by atoms with E-state index in [1.54, 1.807) is 12.1 Å². The number of aryl methyl sites for hydroxylation is 1. The minimum Gasteiger partial charge on any atom is -0.465 e. The Morgan fingerprint density at radius 1 is 1.15 bits per heavy atom. The minimum atomic E-state index is -0.335. The van der Waals surface area contributed by atoms with E-state index in [-0.39, 0.29) is 24.3 Å². The lowest BCUT2D eigenvalue weighted by molar-refractivity contribution is -0.130. The third kappa shape index (κ3) is 5.19. The molecule has 1 N–H and O–H groups in total. The summed E-state index contributed by atoms with van der Waals surface area (Å²) in [5, 5.41) is 3.37. The van der Waals surface area contributed by atoms with Gasteiger partial charge in [-0.05, 0) is 30.5 Å². The molecular weight excluding hydrogens is 354 g/mol. The molecule has 0 aliphatic carbocycles. The van der Waals surface area contributed by atoms with Gasteiger partial charge in [0.15, 0.2) is 0 Å². The van der Waals surface area contributed by atoms with Crippen molar-refractivity contribution in [2.45, 2.75) is 25.3 Å². The molecule has 1 atom stereocenters. The van der Waals surface area contributed by atoms with Gasteiger partial charge in [-0.3, -0.25) is 9.69 Å². The molecule has 0 spiro atoms. The summed E-state index contributed by atoms with van der Waals surface area (Å²) < 4.78 is 4.69. The third-order valence-corrected chi connectivity index (χ3v) is 5.19. The average molecular weight is 382 g/mol. The standard InChI is InChI=1S/C19H27N3O3.ClH/c1-25-19(24)16-5-2-15(3-6-16)4-7-18(23)22-11-8-17(14-22)21-12-9-20-10-13-21;/h2-3,5-6,17,20H,4,7-14H2,1H3;1H. The first kappa shape index (κ1) is 20.7. The maximum Gasteiger partial charge on any atom is 0.337 e. The number of piperazine rings is 1. The van der Waals surface area contributed by atoms with Gasteiger partial charge in [-0.1, -0.05) is 12.1 Å². The Hall–Kier alpha value is -1.63. The number of amides is 1. The molecule has 2 aliphatic rings. The first-order valence-corrected chi connectivity index (χ1v) is 9.07. The number of nitrogens with zero attached hydrogens (tertiary/aromatic N) is 2. The summed E-state index contributed by atoms with van der Waals surface area (Å²) in [4.78, 5) is 28.4. The fraction of sp³-hybridized carbons (Fsp3) is 0.579. The molecule has 2 fully saturated rings. The highest BCUT2D eigenvalue weighted by atomic mass is 35.5. The summed E-state index contributed by atoms with van der Waals surface area (Å²) in [6, 6.07) is 7.81. The highest BCUT2D eigenvalue weighted by molar-refractivity contribution is 5.89. The molecule has 0 radical (unpaired) electrons. The van der Waals surface area contributed by atoms with Crippen LogP contribution in [0.2, 0.25) is 0 Å². The van der Waals surface area contributed by atoms with E-state index in [9.17, 15) is 9.59 Å². The fourth-order valence-electron chi connectivity index (χ4n) is 3.65. The number of carbonyl (C=O) groups excluding carboxylic acids is 2. The van der Waals surface area contributed by atoms with Crippen molar-refractivity contribution in [2.75, 3.05) is 46.4 Å². The monoisotopic (exact) mass is 381 g/mol. The van der Waals surface area contributed by atoms with E-state index in [0.717, 1.165) is 51.3 Å². The predicted molar refractivity (Wildman–Crippen MR) is 103 cm³/mol. The molecule has 2 aliphatic heterocycles. The lowest BCUT2D eigenvalue weighted by atomic mass is 10.1. The highest BCUT2D eigenvalue weighted by Gasteiger charge is 2.30. The lowest BCUT2D eigenvalue weighted by Gasteiger charge is -2.32. The Kier molecular flexibility index (Phi) is 7.87. The minimum absolute atomic E-state index is 0. The van der Waals surface area contributed by atoms with Crippen LogP contribution in [-0.2, 0) is 16.0 Å². The van der Waals surface area contributed by atoms with Gasteiger partial charge in [0.1, 0.15) is 0 Å². The van der Waals surface area contributed by atoms with Crippen LogP contribution in [0, 0.1) is 0 Å². The van der Waals surface area contributed by atoms with Crippen molar-refractivity contribution in [3.63, 3.8) is 0 Å². The lowest BCUT2D eigenvalue weighted by Crippen LogP contribution is -2.49. The number of esters is 1. The van der Waals surface area contributed by atoms with Crippen LogP contribution >= 0.6 is 12.4 Å². The van der Waals surface area contributed by atoms with Crippen molar-refractivity contribution in [1.82, 2.24) is 15.1 Å². The van der Waals surface area contributed by atoms with Crippen LogP contribution in [0.15, 0.2) is 24.3 Å². The zero-order valence-electron chi connectivity index (χ0n) is 15.3. The number of rotatable bonds is 5. The molecule has 2 saturated heterocycles. The summed E-state index contributed by atoms with van der Waals surface area (Å²) in [5.74, 6) is -0.103. The molecule has 1 unspecified atom stereocenters. The van der Waals surface area contributed by atoms with Crippen molar-refractivity contribution in [3.8, 4) is 0 Å². The number of nitrogens with one attached hydrogen (secondary N) is 1. The van der Waals surface area contributed by atoms with Gasteiger partial charge in [-0.2, -0.15) is 0 Å². The Labute approximate surface area is 161 Å². The molecule has 26 heavy (non-hydrogen) atoms. The van der Waals surface area contributed by atoms with Crippen molar-refractivity contribution in [3.05, 3.63) is 35.4 Å². The second kappa shape index (κ2) is 9.90. The van der Waals surface area contributed by atoms with Crippen LogP contribution in [-0.4, -0.2) is 74.1 Å². The molecule has 0 bridgehead atoms. The zero-order chi connectivity index (χ0) is 17.6. The number of ether oxygens (including phenoxy) is 1. The molecule has 7 heteroatoms. The zero-order valence-corrected chi connectivity index (χ0v) is 16.1. The fourth-order valence-corrected chi connectivity index (χ4v) is 3.65. The molecular formula is C19H28ClN3O3. The van der Waals surface area contributed by atoms with E-state index in [0.29, 0.717) is 24.4 Å². The smallest absolute Gasteiger partial charge is 0.337 e. The summed E-state index contributed by atoms with van der Waals surface area (Å²) in [6.45, 7) is 5.99. The maximum atomic E-state index is 12.5. The highest BCUT2D eigenvalue weighted by Crippen LogP contribution is 2.18. The molecule has 1 aromatic rings. The molecule has 144 valence electrons. The van der Waals surface area contributed by atoms with Gasteiger partial charge in [0.2, 0.25) is 5.91 Å². The van der Waals surface area contributed by atoms with Crippen molar-refractivity contribution < 1.29 is 14.3 Å². The van der Waals surface area contributed by atoms with Crippen LogP contribution < -0.4 is 5.32 Å². The van der Waals surface area contributed by atoms with E-state index in [4.69, 9.17) is 4.74 Å². The number of halogens is 1. The van der Waals surface area contributed by atoms with Crippen LogP contribution in [0.25, 0.3) is 0 Å². The molecule has 0 saturated carbocycles. The number of benzene rings is 1. The molecule has 0 aromatic heterocycles. The third-order valence-electron chi connectivity index (χ3n) is 5.19. The molecule has 3 rings (SSSR count). The number of likely N-dealkylation sites (tertiary alicyclic amines) is 1. The van der Waals surface area contributed by atoms with E-state index in [1.165, 1.54) is 7.11 Å². The van der Waals surface area contributed by atoms with Gasteiger partial charge in [0.05, 0.1) is 12.7 Å². The summed E-state index contributed by atoms with van der Waals surface area (Å²) in [6.07, 6.45) is 2.31.